The van der Waals surface area contributed by atoms with Crippen molar-refractivity contribution in [1.29, 1.82) is 0 Å². The second-order valence-corrected chi connectivity index (χ2v) is 5.34. The van der Waals surface area contributed by atoms with E-state index in [0.717, 1.165) is 12.2 Å². The first-order valence-electron chi connectivity index (χ1n) is 5.66. The van der Waals surface area contributed by atoms with E-state index in [0.29, 0.717) is 12.3 Å². The van der Waals surface area contributed by atoms with Gasteiger partial charge in [0.15, 0.2) is 0 Å². The molecule has 1 heterocycles. The summed E-state index contributed by atoms with van der Waals surface area (Å²) in [5, 5.41) is 0.176. The fourth-order valence-corrected chi connectivity index (χ4v) is 2.31. The molecule has 1 amide bonds. The number of anilines is 1. The van der Waals surface area contributed by atoms with Crippen LogP contribution in [0.25, 0.3) is 0 Å². The molecule has 3 heteroatoms. The van der Waals surface area contributed by atoms with Gasteiger partial charge in [0.1, 0.15) is 0 Å². The molecular formula is C13H17NOS. The number of nitrogens with zero attached hydrogens (tertiary/aromatic N) is 1. The van der Waals surface area contributed by atoms with Crippen molar-refractivity contribution in [3.05, 3.63) is 29.8 Å². The van der Waals surface area contributed by atoms with Crippen molar-refractivity contribution in [2.45, 2.75) is 31.4 Å². The molecule has 0 N–H and O–H groups in total. The van der Waals surface area contributed by atoms with E-state index in [2.05, 4.69) is 38.6 Å². The maximum absolute atomic E-state index is 11.7. The van der Waals surface area contributed by atoms with Crippen LogP contribution in [0.4, 0.5) is 5.69 Å². The largest absolute Gasteiger partial charge is 0.311 e. The van der Waals surface area contributed by atoms with Crippen LogP contribution in [0.2, 0.25) is 0 Å². The minimum absolute atomic E-state index is 0.176. The Morgan fingerprint density at radius 2 is 2.19 bits per heavy atom. The molecule has 2 nitrogen and oxygen atoms in total. The van der Waals surface area contributed by atoms with Gasteiger partial charge in [0.05, 0.1) is 0 Å². The highest BCUT2D eigenvalue weighted by Crippen LogP contribution is 2.26. The molecular weight excluding hydrogens is 218 g/mol. The lowest BCUT2D eigenvalue weighted by atomic mass is 10.0. The Morgan fingerprint density at radius 3 is 2.75 bits per heavy atom. The zero-order valence-electron chi connectivity index (χ0n) is 9.68. The lowest BCUT2D eigenvalue weighted by Gasteiger charge is -2.17. The number of thiol groups is 1. The molecule has 0 bridgehead atoms. The highest BCUT2D eigenvalue weighted by Gasteiger charge is 2.28. The van der Waals surface area contributed by atoms with Gasteiger partial charge >= 0.3 is 0 Å². The molecule has 0 aliphatic carbocycles. The lowest BCUT2D eigenvalue weighted by Crippen LogP contribution is -2.24. The van der Waals surface area contributed by atoms with Crippen LogP contribution < -0.4 is 4.90 Å². The number of hydrogen-bond acceptors (Lipinski definition) is 2. The molecule has 1 fully saturated rings. The van der Waals surface area contributed by atoms with Gasteiger partial charge in [-0.05, 0) is 23.6 Å². The number of amides is 1. The summed E-state index contributed by atoms with van der Waals surface area (Å²) < 4.78 is 0. The van der Waals surface area contributed by atoms with Gasteiger partial charge in [-0.3, -0.25) is 4.79 Å². The van der Waals surface area contributed by atoms with Crippen LogP contribution >= 0.6 is 12.6 Å². The summed E-state index contributed by atoms with van der Waals surface area (Å²) in [6, 6.07) is 8.22. The Balaban J connectivity index is 2.27. The molecule has 16 heavy (non-hydrogen) atoms. The van der Waals surface area contributed by atoms with Crippen molar-refractivity contribution in [2.75, 3.05) is 11.4 Å². The van der Waals surface area contributed by atoms with Gasteiger partial charge < -0.3 is 4.90 Å². The molecule has 0 radical (unpaired) electrons. The fourth-order valence-electron chi connectivity index (χ4n) is 1.99. The van der Waals surface area contributed by atoms with Crippen molar-refractivity contribution in [2.24, 2.45) is 0 Å². The monoisotopic (exact) mass is 235 g/mol. The maximum Gasteiger partial charge on any atom is 0.228 e. The minimum Gasteiger partial charge on any atom is -0.311 e. The Kier molecular flexibility index (Phi) is 3.24. The smallest absolute Gasteiger partial charge is 0.228 e. The van der Waals surface area contributed by atoms with E-state index < -0.39 is 0 Å². The number of carbonyl (C=O) groups is 1. The highest BCUT2D eigenvalue weighted by atomic mass is 32.1. The zero-order valence-corrected chi connectivity index (χ0v) is 10.6. The average molecular weight is 235 g/mol. The van der Waals surface area contributed by atoms with E-state index in [1.165, 1.54) is 5.56 Å². The van der Waals surface area contributed by atoms with E-state index in [1.807, 2.05) is 17.0 Å². The molecule has 2 rings (SSSR count). The SMILES string of the molecule is CC(C)c1cccc(N2CC(S)CC2=O)c1. The number of hydrogen-bond donors (Lipinski definition) is 1. The topological polar surface area (TPSA) is 20.3 Å². The molecule has 1 saturated heterocycles. The van der Waals surface area contributed by atoms with Gasteiger partial charge in [-0.25, -0.2) is 0 Å². The number of carbonyl (C=O) groups excluding carboxylic acids is 1. The molecule has 1 unspecified atom stereocenters. The van der Waals surface area contributed by atoms with E-state index >= 15 is 0 Å². The quantitative estimate of drug-likeness (QED) is 0.782. The molecule has 1 aliphatic heterocycles. The van der Waals surface area contributed by atoms with Crippen LogP contribution in [0.3, 0.4) is 0 Å². The maximum atomic E-state index is 11.7. The normalized spacial score (nSPS) is 20.9. The molecule has 1 aliphatic rings. The molecule has 0 spiro atoms. The first-order valence-corrected chi connectivity index (χ1v) is 6.18. The summed E-state index contributed by atoms with van der Waals surface area (Å²) in [5.74, 6) is 0.672. The van der Waals surface area contributed by atoms with Crippen LogP contribution in [-0.2, 0) is 4.79 Å². The molecule has 1 atom stereocenters. The first kappa shape index (κ1) is 11.5. The van der Waals surface area contributed by atoms with Crippen molar-refractivity contribution >= 4 is 24.2 Å². The van der Waals surface area contributed by atoms with Crippen LogP contribution in [0, 0.1) is 0 Å². The molecule has 86 valence electrons. The number of rotatable bonds is 2. The van der Waals surface area contributed by atoms with Gasteiger partial charge in [-0.2, -0.15) is 12.6 Å². The van der Waals surface area contributed by atoms with Gasteiger partial charge in [0.2, 0.25) is 5.91 Å². The standard InChI is InChI=1S/C13H17NOS/c1-9(2)10-4-3-5-11(6-10)14-8-12(16)7-13(14)15/h3-6,9,12,16H,7-8H2,1-2H3. The second kappa shape index (κ2) is 4.50. The third-order valence-electron chi connectivity index (χ3n) is 2.95. The summed E-state index contributed by atoms with van der Waals surface area (Å²) in [7, 11) is 0. The van der Waals surface area contributed by atoms with Gasteiger partial charge in [-0.15, -0.1) is 0 Å². The molecule has 0 saturated carbocycles. The Morgan fingerprint density at radius 1 is 1.44 bits per heavy atom. The number of benzene rings is 1. The highest BCUT2D eigenvalue weighted by molar-refractivity contribution is 7.81. The first-order chi connectivity index (χ1) is 7.58. The summed E-state index contributed by atoms with van der Waals surface area (Å²) in [5.41, 5.74) is 2.28. The van der Waals surface area contributed by atoms with Gasteiger partial charge in [-0.1, -0.05) is 26.0 Å². The fraction of sp³-hybridized carbons (Fsp3) is 0.462. The summed E-state index contributed by atoms with van der Waals surface area (Å²) in [4.78, 5) is 13.6. The van der Waals surface area contributed by atoms with Gasteiger partial charge in [0.25, 0.3) is 0 Å². The predicted molar refractivity (Wildman–Crippen MR) is 70.3 cm³/mol. The summed E-state index contributed by atoms with van der Waals surface area (Å²) in [6.07, 6.45) is 0.551. The molecule has 0 aromatic heterocycles. The van der Waals surface area contributed by atoms with Crippen molar-refractivity contribution in [3.63, 3.8) is 0 Å². The Bertz CT molecular complexity index is 403. The Hall–Kier alpha value is -0.960. The van der Waals surface area contributed by atoms with Crippen LogP contribution in [0.1, 0.15) is 31.7 Å². The Labute approximate surface area is 102 Å². The molecule has 1 aromatic rings. The van der Waals surface area contributed by atoms with Crippen LogP contribution in [-0.4, -0.2) is 17.7 Å². The van der Waals surface area contributed by atoms with Crippen molar-refractivity contribution in [1.82, 2.24) is 0 Å². The predicted octanol–water partition coefficient (Wildman–Crippen LogP) is 2.85. The van der Waals surface area contributed by atoms with E-state index in [1.54, 1.807) is 0 Å². The van der Waals surface area contributed by atoms with Crippen LogP contribution in [0.15, 0.2) is 24.3 Å². The zero-order chi connectivity index (χ0) is 11.7. The van der Waals surface area contributed by atoms with Crippen LogP contribution in [0.5, 0.6) is 0 Å². The third kappa shape index (κ3) is 2.24. The molecule has 1 aromatic carbocycles. The lowest BCUT2D eigenvalue weighted by molar-refractivity contribution is -0.117. The van der Waals surface area contributed by atoms with Crippen molar-refractivity contribution in [3.8, 4) is 0 Å². The summed E-state index contributed by atoms with van der Waals surface area (Å²) >= 11 is 4.37. The minimum atomic E-state index is 0.176. The second-order valence-electron chi connectivity index (χ2n) is 4.61. The average Bonchev–Trinajstić information content (AvgIpc) is 2.58. The van der Waals surface area contributed by atoms with Gasteiger partial charge in [0, 0.05) is 23.9 Å². The van der Waals surface area contributed by atoms with E-state index in [4.69, 9.17) is 0 Å². The summed E-state index contributed by atoms with van der Waals surface area (Å²) in [6.45, 7) is 5.04. The van der Waals surface area contributed by atoms with E-state index in [-0.39, 0.29) is 11.2 Å². The van der Waals surface area contributed by atoms with E-state index in [9.17, 15) is 4.79 Å². The van der Waals surface area contributed by atoms with Crippen molar-refractivity contribution < 1.29 is 4.79 Å². The third-order valence-corrected chi connectivity index (χ3v) is 3.30.